The van der Waals surface area contributed by atoms with Gasteiger partial charge >= 0.3 is 5.97 Å². The predicted octanol–water partition coefficient (Wildman–Crippen LogP) is 4.72. The van der Waals surface area contributed by atoms with Gasteiger partial charge in [-0.05, 0) is 42.0 Å². The van der Waals surface area contributed by atoms with Crippen molar-refractivity contribution in [2.24, 2.45) is 0 Å². The molecule has 1 aromatic heterocycles. The van der Waals surface area contributed by atoms with E-state index in [0.29, 0.717) is 5.82 Å². The minimum atomic E-state index is -0.985. The molecule has 2 N–H and O–H groups in total. The van der Waals surface area contributed by atoms with Crippen LogP contribution in [0.25, 0.3) is 16.9 Å². The first-order chi connectivity index (χ1) is 16.0. The number of methoxy groups -OCH3 is 1. The van der Waals surface area contributed by atoms with Gasteiger partial charge in [-0.2, -0.15) is 5.10 Å². The van der Waals surface area contributed by atoms with Gasteiger partial charge < -0.3 is 15.2 Å². The summed E-state index contributed by atoms with van der Waals surface area (Å²) in [5.74, 6) is -0.0325. The summed E-state index contributed by atoms with van der Waals surface area (Å²) in [6.07, 6.45) is 0.244. The molecule has 1 amide bonds. The van der Waals surface area contributed by atoms with Crippen LogP contribution >= 0.6 is 0 Å². The molecule has 0 unspecified atom stereocenters. The van der Waals surface area contributed by atoms with Crippen LogP contribution in [-0.4, -0.2) is 33.9 Å². The first kappa shape index (κ1) is 20.5. The number of carbonyl (C=O) groups is 2. The van der Waals surface area contributed by atoms with Crippen molar-refractivity contribution in [3.8, 4) is 22.7 Å². The summed E-state index contributed by atoms with van der Waals surface area (Å²) in [6, 6.07) is 24.0. The van der Waals surface area contributed by atoms with Crippen molar-refractivity contribution in [3.05, 3.63) is 95.6 Å². The van der Waals surface area contributed by atoms with E-state index in [2.05, 4.69) is 5.32 Å². The Morgan fingerprint density at radius 2 is 1.73 bits per heavy atom. The molecule has 1 aliphatic heterocycles. The molecule has 33 heavy (non-hydrogen) atoms. The SMILES string of the molecule is COc1ccc(-n2nc(-c3ccccc3)c3c2NC(=O)C[C@H]3c2ccc(C(=O)O)cc2)cc1. The van der Waals surface area contributed by atoms with Gasteiger partial charge in [-0.15, -0.1) is 0 Å². The summed E-state index contributed by atoms with van der Waals surface area (Å²) in [5.41, 5.74) is 4.47. The number of anilines is 1. The standard InChI is InChI=1S/C26H21N3O4/c1-33-20-13-11-19(12-14-20)29-25-23(24(28-29)17-5-3-2-4-6-17)21(15-22(30)27-25)16-7-9-18(10-8-16)26(31)32/h2-14,21H,15H2,1H3,(H,27,30)(H,31,32)/t21-/m0/s1. The van der Waals surface area contributed by atoms with Crippen molar-refractivity contribution in [1.82, 2.24) is 9.78 Å². The van der Waals surface area contributed by atoms with Gasteiger partial charge in [0.05, 0.1) is 24.1 Å². The molecule has 0 bridgehead atoms. The van der Waals surface area contributed by atoms with Gasteiger partial charge in [-0.25, -0.2) is 9.48 Å². The van der Waals surface area contributed by atoms with Crippen molar-refractivity contribution in [2.75, 3.05) is 12.4 Å². The Labute approximate surface area is 190 Å². The molecule has 0 fully saturated rings. The Kier molecular flexibility index (Phi) is 5.14. The number of nitrogens with one attached hydrogen (secondary N) is 1. The summed E-state index contributed by atoms with van der Waals surface area (Å²) >= 11 is 0. The molecular formula is C26H21N3O4. The normalized spacial score (nSPS) is 14.9. The van der Waals surface area contributed by atoms with Gasteiger partial charge in [0.2, 0.25) is 5.91 Å². The van der Waals surface area contributed by atoms with Gasteiger partial charge in [0.15, 0.2) is 0 Å². The highest BCUT2D eigenvalue weighted by Crippen LogP contribution is 2.44. The van der Waals surface area contributed by atoms with E-state index in [4.69, 9.17) is 9.84 Å². The second-order valence-corrected chi connectivity index (χ2v) is 7.82. The second kappa shape index (κ2) is 8.27. The number of hydrogen-bond acceptors (Lipinski definition) is 4. The minimum absolute atomic E-state index is 0.121. The topological polar surface area (TPSA) is 93.5 Å². The summed E-state index contributed by atoms with van der Waals surface area (Å²) in [4.78, 5) is 24.0. The zero-order valence-corrected chi connectivity index (χ0v) is 17.9. The number of rotatable bonds is 5. The molecule has 5 rings (SSSR count). The van der Waals surface area contributed by atoms with Crippen molar-refractivity contribution in [1.29, 1.82) is 0 Å². The Bertz CT molecular complexity index is 1330. The van der Waals surface area contributed by atoms with Crippen molar-refractivity contribution in [3.63, 3.8) is 0 Å². The molecule has 0 radical (unpaired) electrons. The van der Waals surface area contributed by atoms with E-state index in [1.54, 1.807) is 36.1 Å². The molecule has 164 valence electrons. The molecule has 0 spiro atoms. The lowest BCUT2D eigenvalue weighted by atomic mass is 9.84. The van der Waals surface area contributed by atoms with Crippen LogP contribution in [-0.2, 0) is 4.79 Å². The molecule has 1 atom stereocenters. The number of benzene rings is 3. The number of carbonyl (C=O) groups excluding carboxylic acids is 1. The van der Waals surface area contributed by atoms with Crippen LogP contribution in [0.2, 0.25) is 0 Å². The molecule has 3 aromatic carbocycles. The molecule has 2 heterocycles. The first-order valence-electron chi connectivity index (χ1n) is 10.5. The fraction of sp³-hybridized carbons (Fsp3) is 0.115. The van der Waals surface area contributed by atoms with Gasteiger partial charge in [-0.3, -0.25) is 4.79 Å². The van der Waals surface area contributed by atoms with E-state index >= 15 is 0 Å². The van der Waals surface area contributed by atoms with E-state index < -0.39 is 5.97 Å². The summed E-state index contributed by atoms with van der Waals surface area (Å²) in [6.45, 7) is 0. The highest BCUT2D eigenvalue weighted by molar-refractivity contribution is 5.97. The van der Waals surface area contributed by atoms with Crippen molar-refractivity contribution < 1.29 is 19.4 Å². The average Bonchev–Trinajstić information content (AvgIpc) is 3.23. The van der Waals surface area contributed by atoms with Crippen LogP contribution in [0, 0.1) is 0 Å². The summed E-state index contributed by atoms with van der Waals surface area (Å²) < 4.78 is 7.01. The van der Waals surface area contributed by atoms with Gasteiger partial charge in [0.1, 0.15) is 11.6 Å². The maximum Gasteiger partial charge on any atom is 0.335 e. The molecular weight excluding hydrogens is 418 g/mol. The second-order valence-electron chi connectivity index (χ2n) is 7.82. The number of hydrogen-bond donors (Lipinski definition) is 2. The highest BCUT2D eigenvalue weighted by atomic mass is 16.5. The molecule has 1 aliphatic rings. The Hall–Kier alpha value is -4.39. The van der Waals surface area contributed by atoms with Crippen LogP contribution in [0.1, 0.15) is 33.8 Å². The average molecular weight is 439 g/mol. The van der Waals surface area contributed by atoms with E-state index in [1.807, 2.05) is 54.6 Å². The van der Waals surface area contributed by atoms with Crippen molar-refractivity contribution in [2.45, 2.75) is 12.3 Å². The zero-order valence-electron chi connectivity index (χ0n) is 17.9. The van der Waals surface area contributed by atoms with Crippen LogP contribution in [0.15, 0.2) is 78.9 Å². The predicted molar refractivity (Wildman–Crippen MR) is 124 cm³/mol. The molecule has 7 heteroatoms. The lowest BCUT2D eigenvalue weighted by molar-refractivity contribution is -0.116. The summed E-state index contributed by atoms with van der Waals surface area (Å²) in [7, 11) is 1.61. The van der Waals surface area contributed by atoms with Gasteiger partial charge in [0.25, 0.3) is 0 Å². The number of ether oxygens (including phenoxy) is 1. The van der Waals surface area contributed by atoms with Crippen LogP contribution in [0.3, 0.4) is 0 Å². The van der Waals surface area contributed by atoms with Crippen LogP contribution in [0.5, 0.6) is 5.75 Å². The number of fused-ring (bicyclic) bond motifs is 1. The lowest BCUT2D eigenvalue weighted by Gasteiger charge is -2.25. The Balaban J connectivity index is 1.71. The largest absolute Gasteiger partial charge is 0.497 e. The van der Waals surface area contributed by atoms with E-state index in [9.17, 15) is 14.7 Å². The van der Waals surface area contributed by atoms with Gasteiger partial charge in [-0.1, -0.05) is 42.5 Å². The third-order valence-electron chi connectivity index (χ3n) is 5.84. The third-order valence-corrected chi connectivity index (χ3v) is 5.84. The minimum Gasteiger partial charge on any atom is -0.497 e. The number of carboxylic acids is 1. The first-order valence-corrected chi connectivity index (χ1v) is 10.5. The number of amides is 1. The maximum atomic E-state index is 12.7. The van der Waals surface area contributed by atoms with Crippen LogP contribution < -0.4 is 10.1 Å². The van der Waals surface area contributed by atoms with Gasteiger partial charge in [0, 0.05) is 23.5 Å². The third kappa shape index (κ3) is 3.74. The van der Waals surface area contributed by atoms with E-state index in [0.717, 1.165) is 33.8 Å². The molecule has 0 saturated carbocycles. The fourth-order valence-corrected chi connectivity index (χ4v) is 4.21. The van der Waals surface area contributed by atoms with E-state index in [-0.39, 0.29) is 23.8 Å². The number of nitrogens with zero attached hydrogens (tertiary/aromatic N) is 2. The molecule has 0 saturated heterocycles. The zero-order chi connectivity index (χ0) is 22.9. The molecule has 0 aliphatic carbocycles. The Morgan fingerprint density at radius 1 is 1.03 bits per heavy atom. The van der Waals surface area contributed by atoms with Crippen LogP contribution in [0.4, 0.5) is 5.82 Å². The fourth-order valence-electron chi connectivity index (χ4n) is 4.21. The Morgan fingerprint density at radius 3 is 2.36 bits per heavy atom. The van der Waals surface area contributed by atoms with E-state index in [1.165, 1.54) is 0 Å². The highest BCUT2D eigenvalue weighted by Gasteiger charge is 2.34. The lowest BCUT2D eigenvalue weighted by Crippen LogP contribution is -2.25. The smallest absolute Gasteiger partial charge is 0.335 e. The summed E-state index contributed by atoms with van der Waals surface area (Å²) in [5, 5.41) is 17.2. The quantitative estimate of drug-likeness (QED) is 0.469. The van der Waals surface area contributed by atoms with Crippen molar-refractivity contribution >= 4 is 17.7 Å². The number of carboxylic acid groups (broad SMARTS) is 1. The molecule has 4 aromatic rings. The number of aromatic carboxylic acids is 1. The monoisotopic (exact) mass is 439 g/mol. The molecule has 7 nitrogen and oxygen atoms in total. The number of aromatic nitrogens is 2. The maximum absolute atomic E-state index is 12.7.